The van der Waals surface area contributed by atoms with Gasteiger partial charge in [0.25, 0.3) is 0 Å². The standard InChI is InChI=1S/C16H28O7/c1-13(2)16(18)22-8-7-21-10-14(17)9-19-5-3-4-6-20-11-15-12-23-15/h14-15,17H,1,3-12H2,2H3. The van der Waals surface area contributed by atoms with E-state index in [1.807, 2.05) is 0 Å². The third-order valence-corrected chi connectivity index (χ3v) is 2.96. The van der Waals surface area contributed by atoms with E-state index in [2.05, 4.69) is 6.58 Å². The molecule has 7 heteroatoms. The molecule has 0 amide bonds. The molecule has 134 valence electrons. The fourth-order valence-electron chi connectivity index (χ4n) is 1.59. The third kappa shape index (κ3) is 12.1. The van der Waals surface area contributed by atoms with E-state index in [9.17, 15) is 9.90 Å². The normalized spacial score (nSPS) is 17.7. The van der Waals surface area contributed by atoms with Crippen molar-refractivity contribution in [1.82, 2.24) is 0 Å². The highest BCUT2D eigenvalue weighted by Crippen LogP contribution is 2.08. The van der Waals surface area contributed by atoms with Crippen LogP contribution in [0.3, 0.4) is 0 Å². The van der Waals surface area contributed by atoms with Gasteiger partial charge in [-0.1, -0.05) is 6.58 Å². The van der Waals surface area contributed by atoms with Crippen LogP contribution in [0.4, 0.5) is 0 Å². The van der Waals surface area contributed by atoms with Crippen molar-refractivity contribution in [3.63, 3.8) is 0 Å². The first-order valence-electron chi connectivity index (χ1n) is 7.95. The molecule has 2 atom stereocenters. The van der Waals surface area contributed by atoms with E-state index in [1.54, 1.807) is 6.92 Å². The van der Waals surface area contributed by atoms with Gasteiger partial charge in [-0.25, -0.2) is 4.79 Å². The zero-order valence-electron chi connectivity index (χ0n) is 13.8. The lowest BCUT2D eigenvalue weighted by Crippen LogP contribution is -2.23. The maximum absolute atomic E-state index is 11.1. The molecule has 0 aromatic heterocycles. The molecule has 0 aromatic carbocycles. The molecule has 1 N–H and O–H groups in total. The predicted molar refractivity (Wildman–Crippen MR) is 83.2 cm³/mol. The Morgan fingerprint density at radius 2 is 1.78 bits per heavy atom. The summed E-state index contributed by atoms with van der Waals surface area (Å²) >= 11 is 0. The first-order valence-corrected chi connectivity index (χ1v) is 7.95. The van der Waals surface area contributed by atoms with Crippen molar-refractivity contribution in [2.45, 2.75) is 32.0 Å². The molecule has 23 heavy (non-hydrogen) atoms. The van der Waals surface area contributed by atoms with Gasteiger partial charge >= 0.3 is 5.97 Å². The first-order chi connectivity index (χ1) is 11.1. The minimum atomic E-state index is -0.685. The van der Waals surface area contributed by atoms with E-state index in [1.165, 1.54) is 0 Å². The summed E-state index contributed by atoms with van der Waals surface area (Å²) < 4.78 is 25.8. The van der Waals surface area contributed by atoms with Crippen LogP contribution in [-0.2, 0) is 28.5 Å². The van der Waals surface area contributed by atoms with Gasteiger partial charge in [0, 0.05) is 18.8 Å². The number of esters is 1. The molecule has 1 saturated heterocycles. The number of unbranched alkanes of at least 4 members (excludes halogenated alkanes) is 1. The van der Waals surface area contributed by atoms with Gasteiger partial charge in [0.2, 0.25) is 0 Å². The molecule has 1 rings (SSSR count). The average molecular weight is 332 g/mol. The minimum absolute atomic E-state index is 0.144. The van der Waals surface area contributed by atoms with Crippen molar-refractivity contribution in [2.75, 3.05) is 52.9 Å². The second-order valence-electron chi connectivity index (χ2n) is 5.46. The second-order valence-corrected chi connectivity index (χ2v) is 5.46. The predicted octanol–water partition coefficient (Wildman–Crippen LogP) is 0.695. The fraction of sp³-hybridized carbons (Fsp3) is 0.812. The van der Waals surface area contributed by atoms with Gasteiger partial charge in [-0.2, -0.15) is 0 Å². The molecule has 0 aromatic rings. The summed E-state index contributed by atoms with van der Waals surface area (Å²) in [5, 5.41) is 9.64. The van der Waals surface area contributed by atoms with Crippen molar-refractivity contribution in [3.8, 4) is 0 Å². The molecule has 0 bridgehead atoms. The Hall–Kier alpha value is -0.990. The van der Waals surface area contributed by atoms with Crippen LogP contribution in [0.1, 0.15) is 19.8 Å². The van der Waals surface area contributed by atoms with E-state index in [0.29, 0.717) is 31.5 Å². The van der Waals surface area contributed by atoms with Crippen molar-refractivity contribution < 1.29 is 33.6 Å². The van der Waals surface area contributed by atoms with Gasteiger partial charge in [-0.05, 0) is 19.8 Å². The molecule has 1 heterocycles. The monoisotopic (exact) mass is 332 g/mol. The van der Waals surface area contributed by atoms with Crippen LogP contribution in [-0.4, -0.2) is 76.1 Å². The van der Waals surface area contributed by atoms with Gasteiger partial charge in [-0.15, -0.1) is 0 Å². The molecule has 7 nitrogen and oxygen atoms in total. The van der Waals surface area contributed by atoms with Gasteiger partial charge in [0.15, 0.2) is 0 Å². The maximum Gasteiger partial charge on any atom is 0.333 e. The van der Waals surface area contributed by atoms with Gasteiger partial charge in [-0.3, -0.25) is 0 Å². The number of carbonyl (C=O) groups is 1. The van der Waals surface area contributed by atoms with Gasteiger partial charge < -0.3 is 28.8 Å². The molecule has 0 saturated carbocycles. The van der Waals surface area contributed by atoms with Crippen molar-refractivity contribution in [3.05, 3.63) is 12.2 Å². The summed E-state index contributed by atoms with van der Waals surface area (Å²) in [6.07, 6.45) is 1.43. The molecule has 1 aliphatic heterocycles. The first kappa shape index (κ1) is 20.1. The van der Waals surface area contributed by atoms with E-state index in [0.717, 1.165) is 19.4 Å². The Bertz CT molecular complexity index is 341. The number of aliphatic hydroxyl groups is 1. The summed E-state index contributed by atoms with van der Waals surface area (Å²) in [5.41, 5.74) is 0.352. The minimum Gasteiger partial charge on any atom is -0.460 e. The zero-order chi connectivity index (χ0) is 16.9. The highest BCUT2D eigenvalue weighted by atomic mass is 16.6. The number of hydrogen-bond acceptors (Lipinski definition) is 7. The molecule has 2 unspecified atom stereocenters. The number of aliphatic hydroxyl groups excluding tert-OH is 1. The number of rotatable bonds is 15. The quantitative estimate of drug-likeness (QED) is 0.204. The van der Waals surface area contributed by atoms with E-state index in [4.69, 9.17) is 23.7 Å². The molecule has 0 radical (unpaired) electrons. The Morgan fingerprint density at radius 1 is 1.17 bits per heavy atom. The van der Waals surface area contributed by atoms with Gasteiger partial charge in [0.05, 0.1) is 33.0 Å². The Morgan fingerprint density at radius 3 is 2.39 bits per heavy atom. The van der Waals surface area contributed by atoms with E-state index >= 15 is 0 Å². The number of carbonyl (C=O) groups excluding carboxylic acids is 1. The summed E-state index contributed by atoms with van der Waals surface area (Å²) in [5.74, 6) is -0.439. The molecular weight excluding hydrogens is 304 g/mol. The molecule has 1 aliphatic rings. The van der Waals surface area contributed by atoms with E-state index in [-0.39, 0.29) is 26.4 Å². The van der Waals surface area contributed by atoms with Crippen LogP contribution >= 0.6 is 0 Å². The average Bonchev–Trinajstić information content (AvgIpc) is 3.33. The zero-order valence-corrected chi connectivity index (χ0v) is 13.8. The summed E-state index contributed by atoms with van der Waals surface area (Å²) in [4.78, 5) is 11.1. The highest BCUT2D eigenvalue weighted by molar-refractivity contribution is 5.86. The molecular formula is C16H28O7. The topological polar surface area (TPSA) is 86.8 Å². The lowest BCUT2D eigenvalue weighted by Gasteiger charge is -2.12. The van der Waals surface area contributed by atoms with Gasteiger partial charge in [0.1, 0.15) is 18.8 Å². The van der Waals surface area contributed by atoms with Crippen LogP contribution in [0.2, 0.25) is 0 Å². The molecule has 0 aliphatic carbocycles. The summed E-state index contributed by atoms with van der Waals surface area (Å²) in [6, 6.07) is 0. The molecule has 1 fully saturated rings. The second kappa shape index (κ2) is 12.4. The smallest absolute Gasteiger partial charge is 0.333 e. The number of ether oxygens (including phenoxy) is 5. The maximum atomic E-state index is 11.1. The summed E-state index contributed by atoms with van der Waals surface area (Å²) in [7, 11) is 0. The third-order valence-electron chi connectivity index (χ3n) is 2.96. The number of hydrogen-bond donors (Lipinski definition) is 1. The van der Waals surface area contributed by atoms with Crippen LogP contribution < -0.4 is 0 Å². The largest absolute Gasteiger partial charge is 0.460 e. The lowest BCUT2D eigenvalue weighted by molar-refractivity contribution is -0.140. The Kier molecular flexibility index (Phi) is 10.8. The van der Waals surface area contributed by atoms with Crippen molar-refractivity contribution in [2.24, 2.45) is 0 Å². The Labute approximate surface area is 137 Å². The van der Waals surface area contributed by atoms with Crippen LogP contribution in [0, 0.1) is 0 Å². The highest BCUT2D eigenvalue weighted by Gasteiger charge is 2.21. The molecule has 0 spiro atoms. The SMILES string of the molecule is C=C(C)C(=O)OCCOCC(O)COCCCCOCC1CO1. The van der Waals surface area contributed by atoms with Crippen LogP contribution in [0.5, 0.6) is 0 Å². The fourth-order valence-corrected chi connectivity index (χ4v) is 1.59. The Balaban J connectivity index is 1.77. The number of epoxide rings is 1. The van der Waals surface area contributed by atoms with Crippen LogP contribution in [0.25, 0.3) is 0 Å². The van der Waals surface area contributed by atoms with Crippen LogP contribution in [0.15, 0.2) is 12.2 Å². The summed E-state index contributed by atoms with van der Waals surface area (Å²) in [6.45, 7) is 8.59. The lowest BCUT2D eigenvalue weighted by atomic mass is 10.3. The van der Waals surface area contributed by atoms with Crippen molar-refractivity contribution >= 4 is 5.97 Å². The van der Waals surface area contributed by atoms with E-state index < -0.39 is 12.1 Å². The van der Waals surface area contributed by atoms with Crippen molar-refractivity contribution in [1.29, 1.82) is 0 Å².